The molecule has 0 fully saturated rings. The van der Waals surface area contributed by atoms with Crippen molar-refractivity contribution in [1.82, 2.24) is 4.72 Å². The summed E-state index contributed by atoms with van der Waals surface area (Å²) in [4.78, 5) is 0.0256. The number of rotatable bonds is 7. The summed E-state index contributed by atoms with van der Waals surface area (Å²) in [6.07, 6.45) is 0. The molecule has 0 heterocycles. The Morgan fingerprint density at radius 1 is 1.12 bits per heavy atom. The molecule has 2 aromatic carbocycles. The predicted octanol–water partition coefficient (Wildman–Crippen LogP) is 2.89. The van der Waals surface area contributed by atoms with Crippen LogP contribution in [0.1, 0.15) is 12.5 Å². The van der Waals surface area contributed by atoms with Crippen molar-refractivity contribution in [3.05, 3.63) is 53.8 Å². The van der Waals surface area contributed by atoms with Crippen LogP contribution in [0.5, 0.6) is 11.5 Å². The Hall–Kier alpha value is -2.12. The molecule has 5 nitrogen and oxygen atoms in total. The number of benzene rings is 2. The molecular weight excluding hydrogens is 333 g/mol. The third kappa shape index (κ3) is 4.69. The van der Waals surface area contributed by atoms with Crippen molar-refractivity contribution in [3.8, 4) is 11.5 Å². The van der Waals surface area contributed by atoms with Gasteiger partial charge in [0.2, 0.25) is 10.0 Å². The molecule has 0 unspecified atom stereocenters. The summed E-state index contributed by atoms with van der Waals surface area (Å²) in [6, 6.07) is 10.2. The van der Waals surface area contributed by atoms with E-state index >= 15 is 0 Å². The fraction of sp³-hybridized carbons (Fsp3) is 0.294. The maximum atomic E-state index is 13.3. The predicted molar refractivity (Wildman–Crippen MR) is 89.4 cm³/mol. The number of halogens is 1. The Kier molecular flexibility index (Phi) is 5.80. The number of hydrogen-bond acceptors (Lipinski definition) is 4. The topological polar surface area (TPSA) is 64.6 Å². The zero-order valence-corrected chi connectivity index (χ0v) is 14.6. The molecule has 0 amide bonds. The van der Waals surface area contributed by atoms with Crippen LogP contribution in [0.3, 0.4) is 0 Å². The third-order valence-electron chi connectivity index (χ3n) is 3.36. The van der Waals surface area contributed by atoms with Crippen molar-refractivity contribution in [1.29, 1.82) is 0 Å². The summed E-state index contributed by atoms with van der Waals surface area (Å²) >= 11 is 0. The molecule has 0 spiro atoms. The highest BCUT2D eigenvalue weighted by Gasteiger charge is 2.18. The maximum Gasteiger partial charge on any atom is 0.240 e. The summed E-state index contributed by atoms with van der Waals surface area (Å²) in [6.45, 7) is 3.37. The van der Waals surface area contributed by atoms with Gasteiger partial charge in [-0.15, -0.1) is 0 Å². The highest BCUT2D eigenvalue weighted by Crippen LogP contribution is 2.18. The molecule has 0 saturated carbocycles. The van der Waals surface area contributed by atoms with Crippen LogP contribution in [0.4, 0.5) is 4.39 Å². The van der Waals surface area contributed by atoms with Gasteiger partial charge < -0.3 is 9.47 Å². The van der Waals surface area contributed by atoms with E-state index < -0.39 is 21.9 Å². The molecule has 2 rings (SSSR count). The van der Waals surface area contributed by atoms with Gasteiger partial charge in [0.25, 0.3) is 0 Å². The zero-order valence-electron chi connectivity index (χ0n) is 13.7. The van der Waals surface area contributed by atoms with Gasteiger partial charge >= 0.3 is 0 Å². The second-order valence-electron chi connectivity index (χ2n) is 5.42. The van der Waals surface area contributed by atoms with E-state index in [0.29, 0.717) is 11.5 Å². The van der Waals surface area contributed by atoms with Crippen molar-refractivity contribution < 1.29 is 22.3 Å². The van der Waals surface area contributed by atoms with Crippen molar-refractivity contribution in [2.75, 3.05) is 13.7 Å². The maximum absolute atomic E-state index is 13.3. The number of nitrogens with one attached hydrogen (secondary N) is 1. The average molecular weight is 353 g/mol. The van der Waals surface area contributed by atoms with Crippen LogP contribution >= 0.6 is 0 Å². The average Bonchev–Trinajstić information content (AvgIpc) is 2.55. The van der Waals surface area contributed by atoms with E-state index in [2.05, 4.69) is 4.72 Å². The minimum absolute atomic E-state index is 0.0256. The number of methoxy groups -OCH3 is 1. The van der Waals surface area contributed by atoms with Crippen LogP contribution in [0, 0.1) is 12.7 Å². The summed E-state index contributed by atoms with van der Waals surface area (Å²) in [5.41, 5.74) is 0.278. The second-order valence-corrected chi connectivity index (χ2v) is 7.13. The first-order chi connectivity index (χ1) is 11.3. The van der Waals surface area contributed by atoms with E-state index in [0.717, 1.165) is 6.07 Å². The molecule has 1 N–H and O–H groups in total. The highest BCUT2D eigenvalue weighted by atomic mass is 32.2. The fourth-order valence-corrected chi connectivity index (χ4v) is 3.36. The number of sulfonamides is 1. The fourth-order valence-electron chi connectivity index (χ4n) is 2.04. The lowest BCUT2D eigenvalue weighted by molar-refractivity contribution is 0.287. The largest absolute Gasteiger partial charge is 0.497 e. The number of hydrogen-bond donors (Lipinski definition) is 1. The van der Waals surface area contributed by atoms with Crippen LogP contribution in [-0.4, -0.2) is 28.2 Å². The van der Waals surface area contributed by atoms with Gasteiger partial charge in [-0.25, -0.2) is 17.5 Å². The van der Waals surface area contributed by atoms with Gasteiger partial charge in [-0.1, -0.05) is 0 Å². The monoisotopic (exact) mass is 353 g/mol. The molecule has 2 aromatic rings. The molecule has 130 valence electrons. The molecule has 0 saturated heterocycles. The van der Waals surface area contributed by atoms with Crippen LogP contribution in [0.2, 0.25) is 0 Å². The second kappa shape index (κ2) is 7.63. The van der Waals surface area contributed by atoms with E-state index in [1.165, 1.54) is 19.1 Å². The van der Waals surface area contributed by atoms with E-state index in [1.54, 1.807) is 38.3 Å². The molecule has 0 aliphatic heterocycles. The molecule has 24 heavy (non-hydrogen) atoms. The van der Waals surface area contributed by atoms with Gasteiger partial charge in [0.05, 0.1) is 18.0 Å². The number of ether oxygens (including phenoxy) is 2. The molecule has 1 atom stereocenters. The molecule has 0 aliphatic rings. The first-order valence-corrected chi connectivity index (χ1v) is 8.85. The lowest BCUT2D eigenvalue weighted by Crippen LogP contribution is -2.36. The summed E-state index contributed by atoms with van der Waals surface area (Å²) in [5, 5.41) is 0. The first kappa shape index (κ1) is 18.2. The van der Waals surface area contributed by atoms with E-state index in [4.69, 9.17) is 9.47 Å². The van der Waals surface area contributed by atoms with Crippen molar-refractivity contribution in [2.24, 2.45) is 0 Å². The Labute approximate surface area is 141 Å². The normalized spacial score (nSPS) is 12.7. The smallest absolute Gasteiger partial charge is 0.240 e. The minimum Gasteiger partial charge on any atom is -0.497 e. The van der Waals surface area contributed by atoms with E-state index in [-0.39, 0.29) is 17.1 Å². The molecular formula is C17H20FNO4S. The Morgan fingerprint density at radius 3 is 2.33 bits per heavy atom. The lowest BCUT2D eigenvalue weighted by atomic mass is 10.2. The van der Waals surface area contributed by atoms with Gasteiger partial charge in [-0.2, -0.15) is 0 Å². The van der Waals surface area contributed by atoms with Crippen molar-refractivity contribution in [2.45, 2.75) is 24.8 Å². The highest BCUT2D eigenvalue weighted by molar-refractivity contribution is 7.89. The van der Waals surface area contributed by atoms with E-state index in [9.17, 15) is 12.8 Å². The summed E-state index contributed by atoms with van der Waals surface area (Å²) in [5.74, 6) is 0.882. The van der Waals surface area contributed by atoms with Crippen LogP contribution < -0.4 is 14.2 Å². The number of aryl methyl sites for hydroxylation is 1. The summed E-state index contributed by atoms with van der Waals surface area (Å²) in [7, 11) is -2.16. The van der Waals surface area contributed by atoms with Crippen molar-refractivity contribution in [3.63, 3.8) is 0 Å². The quantitative estimate of drug-likeness (QED) is 0.831. The first-order valence-electron chi connectivity index (χ1n) is 7.37. The van der Waals surface area contributed by atoms with Gasteiger partial charge in [0, 0.05) is 0 Å². The van der Waals surface area contributed by atoms with Gasteiger partial charge in [-0.05, 0) is 61.9 Å². The van der Waals surface area contributed by atoms with Crippen molar-refractivity contribution >= 4 is 10.0 Å². The molecule has 0 aliphatic carbocycles. The SMILES string of the molecule is COc1ccc(OC[C@@H](C)NS(=O)(=O)c2ccc(F)c(C)c2)cc1. The van der Waals surface area contributed by atoms with E-state index in [1.807, 2.05) is 0 Å². The van der Waals surface area contributed by atoms with Crippen LogP contribution in [0.25, 0.3) is 0 Å². The Morgan fingerprint density at radius 2 is 1.75 bits per heavy atom. The minimum atomic E-state index is -3.73. The molecule has 0 bridgehead atoms. The Balaban J connectivity index is 1.97. The third-order valence-corrected chi connectivity index (χ3v) is 4.94. The Bertz CT molecular complexity index is 791. The lowest BCUT2D eigenvalue weighted by Gasteiger charge is -2.16. The van der Waals surface area contributed by atoms with Gasteiger partial charge in [-0.3, -0.25) is 0 Å². The standard InChI is InChI=1S/C17H20FNO4S/c1-12-10-16(8-9-17(12)18)24(20,21)19-13(2)11-23-15-6-4-14(22-3)5-7-15/h4-10,13,19H,11H2,1-3H3/t13-/m1/s1. The summed E-state index contributed by atoms with van der Waals surface area (Å²) < 4.78 is 51.0. The zero-order chi connectivity index (χ0) is 17.7. The van der Waals surface area contributed by atoms with Crippen LogP contribution in [0.15, 0.2) is 47.4 Å². The van der Waals surface area contributed by atoms with Gasteiger partial charge in [0.1, 0.15) is 23.9 Å². The van der Waals surface area contributed by atoms with Crippen LogP contribution in [-0.2, 0) is 10.0 Å². The molecule has 7 heteroatoms. The molecule has 0 aromatic heterocycles. The molecule has 0 radical (unpaired) electrons. The van der Waals surface area contributed by atoms with Gasteiger partial charge in [0.15, 0.2) is 0 Å².